The largest absolute Gasteiger partial charge is 0.492 e. The van der Waals surface area contributed by atoms with Gasteiger partial charge in [-0.05, 0) is 44.7 Å². The predicted octanol–water partition coefficient (Wildman–Crippen LogP) is 3.53. The molecule has 1 aromatic carbocycles. The summed E-state index contributed by atoms with van der Waals surface area (Å²) in [6.45, 7) is 7.29. The van der Waals surface area contributed by atoms with Crippen LogP contribution in [0.15, 0.2) is 24.3 Å². The Labute approximate surface area is 174 Å². The highest BCUT2D eigenvalue weighted by molar-refractivity contribution is 5.95. The van der Waals surface area contributed by atoms with Crippen LogP contribution >= 0.6 is 0 Å². The van der Waals surface area contributed by atoms with Crippen LogP contribution in [-0.2, 0) is 9.59 Å². The van der Waals surface area contributed by atoms with Gasteiger partial charge in [0, 0.05) is 32.6 Å². The van der Waals surface area contributed by atoms with Crippen molar-refractivity contribution in [3.05, 3.63) is 24.3 Å². The van der Waals surface area contributed by atoms with Crippen molar-refractivity contribution in [3.8, 4) is 5.75 Å². The fraction of sp³-hybridized carbons (Fsp3) is 0.652. The Hall–Kier alpha value is -2.08. The zero-order chi connectivity index (χ0) is 20.6. The second-order valence-electron chi connectivity index (χ2n) is 8.22. The molecule has 1 N–H and O–H groups in total. The number of benzene rings is 1. The number of rotatable bonds is 7. The van der Waals surface area contributed by atoms with E-state index in [1.165, 1.54) is 32.1 Å². The van der Waals surface area contributed by atoms with Gasteiger partial charge in [-0.3, -0.25) is 14.5 Å². The standard InChI is InChI=1S/C23H35N3O3/c1-3-29-21-12-8-7-11-20(21)24-23(28)18(2)25-13-15-26(16-14-25)22(27)17-19-9-5-4-6-10-19/h7-8,11-12,18-19H,3-6,9-10,13-17H2,1-2H3,(H,24,28). The summed E-state index contributed by atoms with van der Waals surface area (Å²) < 4.78 is 5.59. The average molecular weight is 402 g/mol. The van der Waals surface area contributed by atoms with Gasteiger partial charge in [0.15, 0.2) is 0 Å². The van der Waals surface area contributed by atoms with E-state index in [0.717, 1.165) is 13.1 Å². The lowest BCUT2D eigenvalue weighted by atomic mass is 9.86. The molecule has 6 nitrogen and oxygen atoms in total. The monoisotopic (exact) mass is 401 g/mol. The third-order valence-corrected chi connectivity index (χ3v) is 6.23. The van der Waals surface area contributed by atoms with E-state index in [4.69, 9.17) is 4.74 Å². The van der Waals surface area contributed by atoms with Crippen LogP contribution in [0, 0.1) is 5.92 Å². The van der Waals surface area contributed by atoms with Crippen molar-refractivity contribution in [2.24, 2.45) is 5.92 Å². The normalized spacial score (nSPS) is 19.6. The van der Waals surface area contributed by atoms with Gasteiger partial charge in [-0.15, -0.1) is 0 Å². The van der Waals surface area contributed by atoms with Crippen LogP contribution in [0.5, 0.6) is 5.75 Å². The van der Waals surface area contributed by atoms with E-state index in [1.54, 1.807) is 0 Å². The third kappa shape index (κ3) is 5.95. The Bertz CT molecular complexity index is 680. The molecule has 1 heterocycles. The van der Waals surface area contributed by atoms with Gasteiger partial charge in [-0.25, -0.2) is 0 Å². The van der Waals surface area contributed by atoms with E-state index >= 15 is 0 Å². The molecular formula is C23H35N3O3. The SMILES string of the molecule is CCOc1ccccc1NC(=O)C(C)N1CCN(C(=O)CC2CCCCC2)CC1. The van der Waals surface area contributed by atoms with Gasteiger partial charge >= 0.3 is 0 Å². The number of para-hydroxylation sites is 2. The maximum absolute atomic E-state index is 12.8. The first kappa shape index (κ1) is 21.6. The van der Waals surface area contributed by atoms with E-state index < -0.39 is 0 Å². The van der Waals surface area contributed by atoms with Crippen molar-refractivity contribution in [2.45, 2.75) is 58.4 Å². The van der Waals surface area contributed by atoms with Crippen LogP contribution in [0.1, 0.15) is 52.4 Å². The Morgan fingerprint density at radius 2 is 1.79 bits per heavy atom. The Kier molecular flexibility index (Phi) is 7.92. The number of hydrogen-bond donors (Lipinski definition) is 1. The number of anilines is 1. The van der Waals surface area contributed by atoms with Crippen molar-refractivity contribution in [1.29, 1.82) is 0 Å². The summed E-state index contributed by atoms with van der Waals surface area (Å²) in [4.78, 5) is 29.5. The number of ether oxygens (including phenoxy) is 1. The van der Waals surface area contributed by atoms with Gasteiger partial charge < -0.3 is 15.0 Å². The molecule has 0 spiro atoms. The number of nitrogens with one attached hydrogen (secondary N) is 1. The second-order valence-corrected chi connectivity index (χ2v) is 8.22. The zero-order valence-corrected chi connectivity index (χ0v) is 17.9. The van der Waals surface area contributed by atoms with E-state index in [-0.39, 0.29) is 11.9 Å². The molecule has 1 saturated carbocycles. The minimum Gasteiger partial charge on any atom is -0.492 e. The lowest BCUT2D eigenvalue weighted by Gasteiger charge is -2.38. The van der Waals surface area contributed by atoms with Crippen molar-refractivity contribution in [1.82, 2.24) is 9.80 Å². The number of hydrogen-bond acceptors (Lipinski definition) is 4. The molecule has 1 aromatic rings. The van der Waals surface area contributed by atoms with Crippen LogP contribution in [0.4, 0.5) is 5.69 Å². The van der Waals surface area contributed by atoms with E-state index in [0.29, 0.717) is 49.4 Å². The first-order chi connectivity index (χ1) is 14.1. The molecule has 0 aromatic heterocycles. The van der Waals surface area contributed by atoms with Gasteiger partial charge in [-0.1, -0.05) is 31.4 Å². The van der Waals surface area contributed by atoms with E-state index in [1.807, 2.05) is 43.0 Å². The third-order valence-electron chi connectivity index (χ3n) is 6.23. The highest BCUT2D eigenvalue weighted by atomic mass is 16.5. The first-order valence-corrected chi connectivity index (χ1v) is 11.1. The molecule has 1 unspecified atom stereocenters. The van der Waals surface area contributed by atoms with Crippen molar-refractivity contribution < 1.29 is 14.3 Å². The summed E-state index contributed by atoms with van der Waals surface area (Å²) >= 11 is 0. The molecule has 160 valence electrons. The molecule has 0 bridgehead atoms. The summed E-state index contributed by atoms with van der Waals surface area (Å²) in [5.74, 6) is 1.51. The molecule has 29 heavy (non-hydrogen) atoms. The number of amides is 2. The number of carbonyl (C=O) groups excluding carboxylic acids is 2. The van der Waals surface area contributed by atoms with Crippen molar-refractivity contribution in [3.63, 3.8) is 0 Å². The van der Waals surface area contributed by atoms with Crippen LogP contribution in [0.3, 0.4) is 0 Å². The van der Waals surface area contributed by atoms with Crippen molar-refractivity contribution in [2.75, 3.05) is 38.1 Å². The molecule has 1 atom stereocenters. The molecule has 1 saturated heterocycles. The highest BCUT2D eigenvalue weighted by Gasteiger charge is 2.29. The lowest BCUT2D eigenvalue weighted by molar-refractivity contribution is -0.135. The van der Waals surface area contributed by atoms with Crippen molar-refractivity contribution >= 4 is 17.5 Å². The van der Waals surface area contributed by atoms with Crippen LogP contribution < -0.4 is 10.1 Å². The maximum atomic E-state index is 12.8. The lowest BCUT2D eigenvalue weighted by Crippen LogP contribution is -2.54. The van der Waals surface area contributed by atoms with Crippen LogP contribution in [0.2, 0.25) is 0 Å². The topological polar surface area (TPSA) is 61.9 Å². The van der Waals surface area contributed by atoms with Gasteiger partial charge in [0.1, 0.15) is 5.75 Å². The Balaban J connectivity index is 1.47. The van der Waals surface area contributed by atoms with E-state index in [9.17, 15) is 9.59 Å². The summed E-state index contributed by atoms with van der Waals surface area (Å²) in [5.41, 5.74) is 0.701. The van der Waals surface area contributed by atoms with Gasteiger partial charge in [0.25, 0.3) is 0 Å². The summed E-state index contributed by atoms with van der Waals surface area (Å²) in [6.07, 6.45) is 6.95. The Morgan fingerprint density at radius 3 is 2.48 bits per heavy atom. The minimum atomic E-state index is -0.250. The highest BCUT2D eigenvalue weighted by Crippen LogP contribution is 2.27. The quantitative estimate of drug-likeness (QED) is 0.759. The number of piperazine rings is 1. The van der Waals surface area contributed by atoms with E-state index in [2.05, 4.69) is 10.2 Å². The second kappa shape index (κ2) is 10.6. The number of nitrogens with zero attached hydrogens (tertiary/aromatic N) is 2. The minimum absolute atomic E-state index is 0.0425. The number of carbonyl (C=O) groups is 2. The molecule has 0 radical (unpaired) electrons. The van der Waals surface area contributed by atoms with Gasteiger partial charge in [-0.2, -0.15) is 0 Å². The molecule has 6 heteroatoms. The van der Waals surface area contributed by atoms with Gasteiger partial charge in [0.05, 0.1) is 18.3 Å². The molecule has 2 aliphatic rings. The molecule has 3 rings (SSSR count). The molecule has 1 aliphatic heterocycles. The van der Waals surface area contributed by atoms with Crippen LogP contribution in [-0.4, -0.2) is 60.4 Å². The average Bonchev–Trinajstić information content (AvgIpc) is 2.75. The smallest absolute Gasteiger partial charge is 0.241 e. The Morgan fingerprint density at radius 1 is 1.10 bits per heavy atom. The molecular weight excluding hydrogens is 366 g/mol. The first-order valence-electron chi connectivity index (χ1n) is 11.1. The molecule has 1 aliphatic carbocycles. The zero-order valence-electron chi connectivity index (χ0n) is 17.9. The predicted molar refractivity (Wildman–Crippen MR) is 115 cm³/mol. The fourth-order valence-electron chi connectivity index (χ4n) is 4.38. The molecule has 2 fully saturated rings. The summed E-state index contributed by atoms with van der Waals surface area (Å²) in [5, 5.41) is 2.99. The summed E-state index contributed by atoms with van der Waals surface area (Å²) in [7, 11) is 0. The summed E-state index contributed by atoms with van der Waals surface area (Å²) in [6, 6.07) is 7.26. The maximum Gasteiger partial charge on any atom is 0.241 e. The van der Waals surface area contributed by atoms with Gasteiger partial charge in [0.2, 0.25) is 11.8 Å². The van der Waals surface area contributed by atoms with Crippen LogP contribution in [0.25, 0.3) is 0 Å². The molecule has 2 amide bonds. The fourth-order valence-corrected chi connectivity index (χ4v) is 4.38.